The van der Waals surface area contributed by atoms with Gasteiger partial charge >= 0.3 is 0 Å². The quantitative estimate of drug-likeness (QED) is 0.0580. The number of aliphatic hydroxyl groups excluding tert-OH is 2. The zero-order valence-corrected chi connectivity index (χ0v) is 44.8. The Bertz CT molecular complexity index is 2090. The monoisotopic (exact) mass is 1070 g/mol. The number of carbonyl (C=O) groups excluding carboxylic acids is 10. The smallest absolute Gasteiger partial charge is 0.243 e. The molecule has 2 fully saturated rings. The Morgan fingerprint density at radius 2 is 1.18 bits per heavy atom. The van der Waals surface area contributed by atoms with Crippen LogP contribution in [-0.2, 0) is 54.4 Å². The molecule has 6 amide bonds. The molecule has 2 heterocycles. The maximum atomic E-state index is 14.5. The molecule has 2 unspecified atom stereocenters. The first-order valence-corrected chi connectivity index (χ1v) is 27.0. The Morgan fingerprint density at radius 1 is 0.645 bits per heavy atom. The summed E-state index contributed by atoms with van der Waals surface area (Å²) in [5, 5.41) is 40.8. The van der Waals surface area contributed by atoms with E-state index in [0.717, 1.165) is 0 Å². The van der Waals surface area contributed by atoms with E-state index in [1.54, 1.807) is 30.3 Å². The summed E-state index contributed by atoms with van der Waals surface area (Å²) in [5.74, 6) is -12.1. The molecule has 11 atom stereocenters. The van der Waals surface area contributed by atoms with Crippen molar-refractivity contribution in [1.29, 1.82) is 0 Å². The van der Waals surface area contributed by atoms with Crippen LogP contribution in [0, 0.1) is 35.5 Å². The third kappa shape index (κ3) is 21.5. The largest absolute Gasteiger partial charge is 0.393 e. The molecule has 76 heavy (non-hydrogen) atoms. The number of piperidine rings is 1. The fraction of sp³-hybridized carbons (Fsp3) is 0.698. The predicted octanol–water partition coefficient (Wildman–Crippen LogP) is -2.32. The number of Topliss-reactive ketones (excluding diaryl/α,β-unsaturated/α-hetero) is 4. The van der Waals surface area contributed by atoms with E-state index in [9.17, 15) is 58.2 Å². The van der Waals surface area contributed by atoms with Gasteiger partial charge in [-0.3, -0.25) is 47.9 Å². The highest BCUT2D eigenvalue weighted by Gasteiger charge is 2.38. The van der Waals surface area contributed by atoms with Crippen molar-refractivity contribution < 1.29 is 58.2 Å². The number of nitrogens with two attached hydrogens (primary N) is 4. The van der Waals surface area contributed by atoms with Gasteiger partial charge in [0.1, 0.15) is 17.9 Å². The van der Waals surface area contributed by atoms with E-state index in [1.807, 2.05) is 13.8 Å². The van der Waals surface area contributed by atoms with Gasteiger partial charge in [0.15, 0.2) is 17.3 Å². The summed E-state index contributed by atoms with van der Waals surface area (Å²) in [7, 11) is 0. The molecule has 3 rings (SSSR count). The lowest BCUT2D eigenvalue weighted by Crippen LogP contribution is -2.57. The van der Waals surface area contributed by atoms with Crippen LogP contribution in [0.1, 0.15) is 110 Å². The topological polar surface area (TPSA) is 399 Å². The third-order valence-electron chi connectivity index (χ3n) is 14.1. The number of hydrogen-bond donors (Lipinski definition) is 13. The molecule has 23 heteroatoms. The van der Waals surface area contributed by atoms with Crippen LogP contribution in [0.5, 0.6) is 0 Å². The van der Waals surface area contributed by atoms with Crippen molar-refractivity contribution >= 4 is 58.6 Å². The van der Waals surface area contributed by atoms with Crippen LogP contribution in [0.3, 0.4) is 0 Å². The highest BCUT2D eigenvalue weighted by Crippen LogP contribution is 2.23. The second-order valence-corrected chi connectivity index (χ2v) is 20.8. The van der Waals surface area contributed by atoms with Crippen LogP contribution in [0.4, 0.5) is 0 Å². The molecule has 0 spiro atoms. The average molecular weight is 1070 g/mol. The van der Waals surface area contributed by atoms with Gasteiger partial charge in [0.2, 0.25) is 35.4 Å². The number of benzene rings is 1. The first-order valence-electron chi connectivity index (χ1n) is 27.0. The number of nitrogens with one attached hydrogen (secondary N) is 7. The van der Waals surface area contributed by atoms with Crippen molar-refractivity contribution in [3.8, 4) is 0 Å². The molecule has 1 aromatic rings. The summed E-state index contributed by atoms with van der Waals surface area (Å²) >= 11 is 0. The normalized spacial score (nSPS) is 25.2. The summed E-state index contributed by atoms with van der Waals surface area (Å²) in [6.45, 7) is 6.97. The van der Waals surface area contributed by atoms with Crippen LogP contribution in [-0.4, -0.2) is 157 Å². The highest BCUT2D eigenvalue weighted by atomic mass is 16.3. The Labute approximate surface area is 446 Å². The van der Waals surface area contributed by atoms with Gasteiger partial charge in [-0.05, 0) is 122 Å². The lowest BCUT2D eigenvalue weighted by molar-refractivity contribution is -0.137. The van der Waals surface area contributed by atoms with E-state index in [1.165, 1.54) is 13.8 Å². The molecule has 426 valence electrons. The third-order valence-corrected chi connectivity index (χ3v) is 14.1. The second kappa shape index (κ2) is 33.6. The molecule has 0 bridgehead atoms. The van der Waals surface area contributed by atoms with Crippen LogP contribution < -0.4 is 60.2 Å². The lowest BCUT2D eigenvalue weighted by Gasteiger charge is -2.28. The fourth-order valence-electron chi connectivity index (χ4n) is 9.59. The van der Waals surface area contributed by atoms with E-state index in [-0.39, 0.29) is 102 Å². The van der Waals surface area contributed by atoms with Gasteiger partial charge in [0, 0.05) is 50.0 Å². The first-order chi connectivity index (χ1) is 36.1. The lowest BCUT2D eigenvalue weighted by atomic mass is 9.85. The van der Waals surface area contributed by atoms with E-state index in [4.69, 9.17) is 22.9 Å². The van der Waals surface area contributed by atoms with E-state index in [0.29, 0.717) is 31.5 Å². The van der Waals surface area contributed by atoms with Gasteiger partial charge in [-0.1, -0.05) is 44.2 Å². The number of carbonyl (C=O) groups is 10. The minimum Gasteiger partial charge on any atom is -0.393 e. The number of aliphatic hydroxyl groups is 2. The first kappa shape index (κ1) is 64.7. The number of amides is 6. The number of hydrogen-bond acceptors (Lipinski definition) is 17. The number of ketones is 4. The molecule has 1 aromatic carbocycles. The van der Waals surface area contributed by atoms with Gasteiger partial charge in [-0.2, -0.15) is 0 Å². The number of rotatable bonds is 22. The SMILES string of the molecule is CC(C)C[C@@H]1NC(=O)[C@@H](Cc2ccccc2)CC(=O)[C@H](CCN)NC(=O)[C@@H](CC(=O)[C@H](CCN)NC(=O)[C@@H](CC(=O)C2CCNCC2)C(C)O)CCNC(=O)[C@H](C(C)O)CC(=O)[C@H](CCN)NC(=O)[C@H](CCN)NC1=O. The van der Waals surface area contributed by atoms with Crippen LogP contribution in [0.2, 0.25) is 0 Å². The van der Waals surface area contributed by atoms with Crippen LogP contribution >= 0.6 is 0 Å². The van der Waals surface area contributed by atoms with Gasteiger partial charge in [-0.25, -0.2) is 0 Å². The zero-order valence-electron chi connectivity index (χ0n) is 44.8. The molecule has 17 N–H and O–H groups in total. The van der Waals surface area contributed by atoms with Crippen molar-refractivity contribution in [3.63, 3.8) is 0 Å². The standard InChI is InChI=1S/C53H87N11O12/c1-30(2)24-43-53(76)63-42(13-20-57)52(75)62-41(12-19-56)47(70)29-37(31(3)65)50(73)59-23-16-35(48(71)60-39(10-17-54)46(69)27-36(49(72)64-43)25-33-8-6-5-7-9-33)26-45(68)40(11-18-55)61-51(74)38(32(4)66)28-44(67)34-14-21-58-22-15-34/h5-9,30-32,34-43,58,65-66H,10-29,54-57H2,1-4H3,(H,59,73)(H,60,71)(H,61,74)(H,62,75)(H,63,76)(H,64,72)/t31?,32?,35-,36+,37+,38+,39+,40+,41+,42+,43+/m1/s1. The molecule has 0 aromatic heterocycles. The van der Waals surface area contributed by atoms with Crippen molar-refractivity contribution in [2.24, 2.45) is 58.4 Å². The molecular formula is C53H87N11O12. The minimum absolute atomic E-state index is 0.0349. The van der Waals surface area contributed by atoms with Gasteiger partial charge < -0.3 is 70.4 Å². The van der Waals surface area contributed by atoms with E-state index >= 15 is 0 Å². The molecule has 2 aliphatic rings. The van der Waals surface area contributed by atoms with Gasteiger partial charge in [0.05, 0.1) is 42.2 Å². The summed E-state index contributed by atoms with van der Waals surface area (Å²) in [5.41, 5.74) is 24.3. The highest BCUT2D eigenvalue weighted by molar-refractivity contribution is 5.98. The minimum atomic E-state index is -1.40. The molecule has 0 aliphatic carbocycles. The Kier molecular flexibility index (Phi) is 28.6. The zero-order chi connectivity index (χ0) is 56.5. The van der Waals surface area contributed by atoms with Crippen molar-refractivity contribution in [2.45, 2.75) is 154 Å². The van der Waals surface area contributed by atoms with Crippen LogP contribution in [0.25, 0.3) is 0 Å². The maximum Gasteiger partial charge on any atom is 0.243 e. The summed E-state index contributed by atoms with van der Waals surface area (Å²) < 4.78 is 0. The van der Waals surface area contributed by atoms with E-state index in [2.05, 4.69) is 37.2 Å². The van der Waals surface area contributed by atoms with Gasteiger partial charge in [-0.15, -0.1) is 0 Å². The predicted molar refractivity (Wildman–Crippen MR) is 283 cm³/mol. The van der Waals surface area contributed by atoms with Crippen molar-refractivity contribution in [1.82, 2.24) is 37.2 Å². The molecular weight excluding hydrogens is 983 g/mol. The van der Waals surface area contributed by atoms with Gasteiger partial charge in [0.25, 0.3) is 0 Å². The molecule has 2 aliphatic heterocycles. The van der Waals surface area contributed by atoms with Crippen molar-refractivity contribution in [2.75, 3.05) is 45.8 Å². The van der Waals surface area contributed by atoms with Crippen molar-refractivity contribution in [3.05, 3.63) is 35.9 Å². The summed E-state index contributed by atoms with van der Waals surface area (Å²) in [4.78, 5) is 140. The Hall–Kier alpha value is -5.56. The Balaban J connectivity index is 2.10. The van der Waals surface area contributed by atoms with Crippen LogP contribution in [0.15, 0.2) is 30.3 Å². The summed E-state index contributed by atoms with van der Waals surface area (Å²) in [6.07, 6.45) is -3.78. The second-order valence-electron chi connectivity index (χ2n) is 20.8. The molecule has 2 saturated heterocycles. The average Bonchev–Trinajstić information content (AvgIpc) is 3.37. The molecule has 23 nitrogen and oxygen atoms in total. The molecule has 0 radical (unpaired) electrons. The summed E-state index contributed by atoms with van der Waals surface area (Å²) in [6, 6.07) is 2.49. The maximum absolute atomic E-state index is 14.5. The van der Waals surface area contributed by atoms with E-state index < -0.39 is 138 Å². The fourth-order valence-corrected chi connectivity index (χ4v) is 9.59. The Morgan fingerprint density at radius 3 is 1.75 bits per heavy atom. The molecule has 0 saturated carbocycles.